The summed E-state index contributed by atoms with van der Waals surface area (Å²) < 4.78 is 12.0. The van der Waals surface area contributed by atoms with Gasteiger partial charge in [-0.25, -0.2) is 4.68 Å². The molecule has 1 rings (SSSR count). The summed E-state index contributed by atoms with van der Waals surface area (Å²) in [6.07, 6.45) is 0. The SMILES string of the molecule is COCCOCCn1nnc(N)c1C(C)C. The summed E-state index contributed by atoms with van der Waals surface area (Å²) in [5.74, 6) is 0.820. The van der Waals surface area contributed by atoms with Crippen LogP contribution in [0.15, 0.2) is 0 Å². The lowest BCUT2D eigenvalue weighted by molar-refractivity contribution is 0.0648. The minimum Gasteiger partial charge on any atom is -0.382 e. The lowest BCUT2D eigenvalue weighted by Crippen LogP contribution is -2.13. The van der Waals surface area contributed by atoms with E-state index in [1.807, 2.05) is 0 Å². The first kappa shape index (κ1) is 12.9. The van der Waals surface area contributed by atoms with Crippen molar-refractivity contribution >= 4 is 5.82 Å². The van der Waals surface area contributed by atoms with Gasteiger partial charge in [-0.3, -0.25) is 0 Å². The van der Waals surface area contributed by atoms with Gasteiger partial charge in [0.05, 0.1) is 32.1 Å². The van der Waals surface area contributed by atoms with Gasteiger partial charge in [-0.05, 0) is 5.92 Å². The average molecular weight is 228 g/mol. The molecule has 0 aliphatic rings. The summed E-state index contributed by atoms with van der Waals surface area (Å²) in [5.41, 5.74) is 6.71. The highest BCUT2D eigenvalue weighted by atomic mass is 16.5. The highest BCUT2D eigenvalue weighted by molar-refractivity contribution is 5.34. The zero-order chi connectivity index (χ0) is 12.0. The third kappa shape index (κ3) is 3.46. The van der Waals surface area contributed by atoms with Crippen LogP contribution in [0.4, 0.5) is 5.82 Å². The van der Waals surface area contributed by atoms with Crippen LogP contribution in [0.1, 0.15) is 25.5 Å². The Morgan fingerprint density at radius 2 is 2.06 bits per heavy atom. The maximum atomic E-state index is 5.74. The van der Waals surface area contributed by atoms with Crippen LogP contribution in [0.5, 0.6) is 0 Å². The minimum atomic E-state index is 0.314. The average Bonchev–Trinajstić information content (AvgIpc) is 2.59. The maximum absolute atomic E-state index is 5.74. The van der Waals surface area contributed by atoms with Crippen molar-refractivity contribution in [2.45, 2.75) is 26.3 Å². The smallest absolute Gasteiger partial charge is 0.169 e. The molecule has 6 nitrogen and oxygen atoms in total. The first-order valence-electron chi connectivity index (χ1n) is 5.42. The lowest BCUT2D eigenvalue weighted by atomic mass is 10.1. The molecule has 0 aliphatic carbocycles. The Morgan fingerprint density at radius 3 is 2.69 bits per heavy atom. The number of ether oxygens (including phenoxy) is 2. The number of hydrogen-bond donors (Lipinski definition) is 1. The molecule has 1 aromatic rings. The third-order valence-electron chi connectivity index (χ3n) is 2.23. The summed E-state index contributed by atoms with van der Waals surface area (Å²) in [5, 5.41) is 7.85. The molecule has 0 atom stereocenters. The van der Waals surface area contributed by atoms with Crippen molar-refractivity contribution in [3.63, 3.8) is 0 Å². The second-order valence-corrected chi connectivity index (χ2v) is 3.84. The predicted octanol–water partition coefficient (Wildman–Crippen LogP) is 0.647. The van der Waals surface area contributed by atoms with Crippen molar-refractivity contribution in [2.24, 2.45) is 0 Å². The third-order valence-corrected chi connectivity index (χ3v) is 2.23. The summed E-state index contributed by atoms with van der Waals surface area (Å²) in [6.45, 7) is 6.59. The number of rotatable bonds is 7. The molecule has 0 spiro atoms. The number of nitrogen functional groups attached to an aromatic ring is 1. The van der Waals surface area contributed by atoms with Crippen LogP contribution in [0, 0.1) is 0 Å². The van der Waals surface area contributed by atoms with Crippen molar-refractivity contribution in [2.75, 3.05) is 32.7 Å². The molecule has 0 aliphatic heterocycles. The molecule has 1 aromatic heterocycles. The number of hydrogen-bond acceptors (Lipinski definition) is 5. The van der Waals surface area contributed by atoms with E-state index in [9.17, 15) is 0 Å². The number of nitrogens with zero attached hydrogens (tertiary/aromatic N) is 3. The Hall–Kier alpha value is -1.14. The molecular formula is C10H20N4O2. The monoisotopic (exact) mass is 228 g/mol. The molecule has 0 aromatic carbocycles. The predicted molar refractivity (Wildman–Crippen MR) is 61.2 cm³/mol. The Balaban J connectivity index is 2.41. The van der Waals surface area contributed by atoms with Crippen LogP contribution < -0.4 is 5.73 Å². The van der Waals surface area contributed by atoms with Crippen molar-refractivity contribution in [1.82, 2.24) is 15.0 Å². The van der Waals surface area contributed by atoms with E-state index in [4.69, 9.17) is 15.2 Å². The zero-order valence-electron chi connectivity index (χ0n) is 10.1. The standard InChI is InChI=1S/C10H20N4O2/c1-8(2)9-10(11)12-13-14(9)4-5-16-7-6-15-3/h8H,4-7,11H2,1-3H3. The fourth-order valence-electron chi connectivity index (χ4n) is 1.49. The Morgan fingerprint density at radius 1 is 1.31 bits per heavy atom. The quantitative estimate of drug-likeness (QED) is 0.693. The van der Waals surface area contributed by atoms with Gasteiger partial charge in [-0.2, -0.15) is 0 Å². The van der Waals surface area contributed by atoms with E-state index in [1.165, 1.54) is 0 Å². The topological polar surface area (TPSA) is 75.2 Å². The molecule has 0 saturated heterocycles. The van der Waals surface area contributed by atoms with Gasteiger partial charge in [-0.1, -0.05) is 19.1 Å². The van der Waals surface area contributed by atoms with E-state index in [0.717, 1.165) is 5.69 Å². The van der Waals surface area contributed by atoms with Crippen molar-refractivity contribution < 1.29 is 9.47 Å². The van der Waals surface area contributed by atoms with Gasteiger partial charge in [0.2, 0.25) is 0 Å². The van der Waals surface area contributed by atoms with E-state index >= 15 is 0 Å². The highest BCUT2D eigenvalue weighted by Gasteiger charge is 2.13. The van der Waals surface area contributed by atoms with Gasteiger partial charge in [0, 0.05) is 7.11 Å². The number of aromatic nitrogens is 3. The Labute approximate surface area is 95.7 Å². The molecule has 0 saturated carbocycles. The van der Waals surface area contributed by atoms with Crippen LogP contribution in [-0.4, -0.2) is 41.9 Å². The van der Waals surface area contributed by atoms with Gasteiger partial charge in [-0.15, -0.1) is 5.10 Å². The molecule has 0 fully saturated rings. The van der Waals surface area contributed by atoms with Gasteiger partial charge >= 0.3 is 0 Å². The summed E-state index contributed by atoms with van der Waals surface area (Å²) in [7, 11) is 1.65. The normalized spacial score (nSPS) is 11.2. The van der Waals surface area contributed by atoms with E-state index in [2.05, 4.69) is 24.2 Å². The molecule has 0 bridgehead atoms. The molecular weight excluding hydrogens is 208 g/mol. The summed E-state index contributed by atoms with van der Waals surface area (Å²) in [6, 6.07) is 0. The molecule has 16 heavy (non-hydrogen) atoms. The van der Waals surface area contributed by atoms with Crippen molar-refractivity contribution in [1.29, 1.82) is 0 Å². The first-order valence-corrected chi connectivity index (χ1v) is 5.42. The van der Waals surface area contributed by atoms with Gasteiger partial charge in [0.1, 0.15) is 0 Å². The summed E-state index contributed by atoms with van der Waals surface area (Å²) in [4.78, 5) is 0. The largest absolute Gasteiger partial charge is 0.382 e. The lowest BCUT2D eigenvalue weighted by Gasteiger charge is -2.09. The van der Waals surface area contributed by atoms with Crippen molar-refractivity contribution in [3.8, 4) is 0 Å². The first-order chi connectivity index (χ1) is 7.66. The van der Waals surface area contributed by atoms with E-state index in [-0.39, 0.29) is 0 Å². The molecule has 6 heteroatoms. The van der Waals surface area contributed by atoms with Crippen LogP contribution in [0.2, 0.25) is 0 Å². The molecule has 1 heterocycles. The second kappa shape index (κ2) is 6.44. The Kier molecular flexibility index (Phi) is 5.21. The van der Waals surface area contributed by atoms with Gasteiger partial charge in [0.25, 0.3) is 0 Å². The van der Waals surface area contributed by atoms with Crippen LogP contribution in [-0.2, 0) is 16.0 Å². The van der Waals surface area contributed by atoms with Gasteiger partial charge in [0.15, 0.2) is 5.82 Å². The fourth-order valence-corrected chi connectivity index (χ4v) is 1.49. The van der Waals surface area contributed by atoms with Crippen LogP contribution in [0.3, 0.4) is 0 Å². The van der Waals surface area contributed by atoms with Crippen LogP contribution in [0.25, 0.3) is 0 Å². The minimum absolute atomic E-state index is 0.314. The molecule has 92 valence electrons. The molecule has 0 unspecified atom stereocenters. The van der Waals surface area contributed by atoms with E-state index in [0.29, 0.717) is 38.1 Å². The van der Waals surface area contributed by atoms with E-state index in [1.54, 1.807) is 11.8 Å². The second-order valence-electron chi connectivity index (χ2n) is 3.84. The number of methoxy groups -OCH3 is 1. The summed E-state index contributed by atoms with van der Waals surface area (Å²) >= 11 is 0. The van der Waals surface area contributed by atoms with Crippen molar-refractivity contribution in [3.05, 3.63) is 5.69 Å². The van der Waals surface area contributed by atoms with Gasteiger partial charge < -0.3 is 15.2 Å². The number of nitrogens with two attached hydrogens (primary N) is 1. The highest BCUT2D eigenvalue weighted by Crippen LogP contribution is 2.18. The molecule has 0 radical (unpaired) electrons. The fraction of sp³-hybridized carbons (Fsp3) is 0.800. The van der Waals surface area contributed by atoms with Crippen LogP contribution >= 0.6 is 0 Å². The molecule has 0 amide bonds. The zero-order valence-corrected chi connectivity index (χ0v) is 10.1. The van der Waals surface area contributed by atoms with E-state index < -0.39 is 0 Å². The maximum Gasteiger partial charge on any atom is 0.169 e. The Bertz CT molecular complexity index is 312. The molecule has 2 N–H and O–H groups in total. The number of anilines is 1.